The highest BCUT2D eigenvalue weighted by molar-refractivity contribution is 9.10. The second-order valence-electron chi connectivity index (χ2n) is 5.18. The van der Waals surface area contributed by atoms with Crippen LogP contribution in [-0.4, -0.2) is 36.5 Å². The molecule has 0 heterocycles. The molecule has 1 atom stereocenters. The maximum Gasteiger partial charge on any atom is 0.251 e. The van der Waals surface area contributed by atoms with Gasteiger partial charge in [0.05, 0.1) is 0 Å². The van der Waals surface area contributed by atoms with E-state index in [1.807, 2.05) is 24.3 Å². The normalized spacial score (nSPS) is 12.4. The third-order valence-electron chi connectivity index (χ3n) is 3.10. The number of carbonyl (C=O) groups excluding carboxylic acids is 1. The van der Waals surface area contributed by atoms with E-state index in [-0.39, 0.29) is 11.9 Å². The second kappa shape index (κ2) is 9.14. The summed E-state index contributed by atoms with van der Waals surface area (Å²) in [5.74, 6) is -0.00190. The number of carbonyl (C=O) groups is 1. The molecule has 1 aromatic rings. The zero-order valence-electron chi connectivity index (χ0n) is 12.7. The zero-order chi connectivity index (χ0) is 15.0. The van der Waals surface area contributed by atoms with E-state index in [4.69, 9.17) is 0 Å². The van der Waals surface area contributed by atoms with Crippen molar-refractivity contribution in [2.45, 2.75) is 39.7 Å². The first-order chi connectivity index (χ1) is 9.56. The number of rotatable bonds is 8. The summed E-state index contributed by atoms with van der Waals surface area (Å²) in [7, 11) is 0. The molecule has 0 unspecified atom stereocenters. The molecule has 1 rings (SSSR count). The minimum atomic E-state index is -0.00190. The van der Waals surface area contributed by atoms with Gasteiger partial charge in [0.25, 0.3) is 5.91 Å². The molecule has 0 aliphatic carbocycles. The van der Waals surface area contributed by atoms with Gasteiger partial charge in [0.2, 0.25) is 0 Å². The third kappa shape index (κ3) is 6.06. The van der Waals surface area contributed by atoms with Crippen molar-refractivity contribution in [3.8, 4) is 0 Å². The molecule has 20 heavy (non-hydrogen) atoms. The molecule has 0 spiro atoms. The van der Waals surface area contributed by atoms with Gasteiger partial charge < -0.3 is 10.2 Å². The van der Waals surface area contributed by atoms with Crippen LogP contribution in [0.2, 0.25) is 0 Å². The topological polar surface area (TPSA) is 32.3 Å². The molecule has 1 aromatic carbocycles. The first-order valence-electron chi connectivity index (χ1n) is 7.35. The summed E-state index contributed by atoms with van der Waals surface area (Å²) in [5, 5.41) is 3.07. The van der Waals surface area contributed by atoms with Gasteiger partial charge in [-0.25, -0.2) is 0 Å². The molecule has 0 saturated heterocycles. The van der Waals surface area contributed by atoms with Gasteiger partial charge in [0, 0.05) is 22.6 Å². The number of hydrogen-bond donors (Lipinski definition) is 1. The van der Waals surface area contributed by atoms with Gasteiger partial charge >= 0.3 is 0 Å². The summed E-state index contributed by atoms with van der Waals surface area (Å²) >= 11 is 3.37. The first kappa shape index (κ1) is 17.2. The number of nitrogens with one attached hydrogen (secondary N) is 1. The highest BCUT2D eigenvalue weighted by Gasteiger charge is 2.12. The number of amides is 1. The highest BCUT2D eigenvalue weighted by Crippen LogP contribution is 2.10. The van der Waals surface area contributed by atoms with Crippen molar-refractivity contribution in [3.63, 3.8) is 0 Å². The Bertz CT molecular complexity index is 399. The molecule has 1 N–H and O–H groups in total. The lowest BCUT2D eigenvalue weighted by molar-refractivity contribution is 0.0929. The lowest BCUT2D eigenvalue weighted by Crippen LogP contribution is -2.42. The number of hydrogen-bond acceptors (Lipinski definition) is 2. The Balaban J connectivity index is 2.49. The Kier molecular flexibility index (Phi) is 7.85. The zero-order valence-corrected chi connectivity index (χ0v) is 14.2. The Hall–Kier alpha value is -0.870. The third-order valence-corrected chi connectivity index (χ3v) is 3.62. The standard InChI is InChI=1S/C16H25BrN2O/c1-4-10-19(11-5-2)12-13(3)18-16(20)14-6-8-15(17)9-7-14/h6-9,13H,4-5,10-12H2,1-3H3,(H,18,20)/t13-/m1/s1. The van der Waals surface area contributed by atoms with Gasteiger partial charge in [0.15, 0.2) is 0 Å². The minimum Gasteiger partial charge on any atom is -0.348 e. The lowest BCUT2D eigenvalue weighted by atomic mass is 10.2. The SMILES string of the molecule is CCCN(CCC)C[C@@H](C)NC(=O)c1ccc(Br)cc1. The van der Waals surface area contributed by atoms with Crippen molar-refractivity contribution < 1.29 is 4.79 Å². The summed E-state index contributed by atoms with van der Waals surface area (Å²) < 4.78 is 0.985. The molecule has 0 aliphatic rings. The summed E-state index contributed by atoms with van der Waals surface area (Å²) in [4.78, 5) is 14.5. The molecule has 0 saturated carbocycles. The summed E-state index contributed by atoms with van der Waals surface area (Å²) in [5.41, 5.74) is 0.706. The Morgan fingerprint density at radius 1 is 1.20 bits per heavy atom. The van der Waals surface area contributed by atoms with E-state index < -0.39 is 0 Å². The van der Waals surface area contributed by atoms with Crippen LogP contribution in [0.25, 0.3) is 0 Å². The van der Waals surface area contributed by atoms with Crippen molar-refractivity contribution in [1.82, 2.24) is 10.2 Å². The number of halogens is 1. The maximum atomic E-state index is 12.1. The Morgan fingerprint density at radius 3 is 2.25 bits per heavy atom. The molecule has 0 aliphatic heterocycles. The molecule has 112 valence electrons. The fourth-order valence-corrected chi connectivity index (χ4v) is 2.53. The van der Waals surface area contributed by atoms with Gasteiger partial charge in [-0.3, -0.25) is 4.79 Å². The van der Waals surface area contributed by atoms with Gasteiger partial charge in [-0.15, -0.1) is 0 Å². The molecule has 0 bridgehead atoms. The van der Waals surface area contributed by atoms with E-state index in [0.717, 1.165) is 36.9 Å². The van der Waals surface area contributed by atoms with E-state index in [1.54, 1.807) is 0 Å². The fraction of sp³-hybridized carbons (Fsp3) is 0.562. The van der Waals surface area contributed by atoms with Crippen LogP contribution in [0.5, 0.6) is 0 Å². The average Bonchev–Trinajstić information content (AvgIpc) is 2.39. The second-order valence-corrected chi connectivity index (χ2v) is 6.10. The van der Waals surface area contributed by atoms with Crippen molar-refractivity contribution >= 4 is 21.8 Å². The summed E-state index contributed by atoms with van der Waals surface area (Å²) in [6.07, 6.45) is 2.29. The van der Waals surface area contributed by atoms with E-state index in [1.165, 1.54) is 0 Å². The summed E-state index contributed by atoms with van der Waals surface area (Å²) in [6, 6.07) is 7.61. The van der Waals surface area contributed by atoms with E-state index in [9.17, 15) is 4.79 Å². The summed E-state index contributed by atoms with van der Waals surface area (Å²) in [6.45, 7) is 9.53. The van der Waals surface area contributed by atoms with E-state index in [2.05, 4.69) is 46.9 Å². The monoisotopic (exact) mass is 340 g/mol. The van der Waals surface area contributed by atoms with Crippen LogP contribution in [0.3, 0.4) is 0 Å². The van der Waals surface area contributed by atoms with Gasteiger partial charge in [-0.2, -0.15) is 0 Å². The quantitative estimate of drug-likeness (QED) is 0.782. The Morgan fingerprint density at radius 2 is 1.75 bits per heavy atom. The molecular weight excluding hydrogens is 316 g/mol. The molecule has 4 heteroatoms. The fourth-order valence-electron chi connectivity index (χ4n) is 2.27. The van der Waals surface area contributed by atoms with E-state index >= 15 is 0 Å². The van der Waals surface area contributed by atoms with Crippen LogP contribution in [0.4, 0.5) is 0 Å². The number of benzene rings is 1. The predicted molar refractivity (Wildman–Crippen MR) is 88.1 cm³/mol. The number of nitrogens with zero attached hydrogens (tertiary/aromatic N) is 1. The molecule has 0 radical (unpaired) electrons. The molecule has 0 fully saturated rings. The van der Waals surface area contributed by atoms with Crippen molar-refractivity contribution in [3.05, 3.63) is 34.3 Å². The lowest BCUT2D eigenvalue weighted by Gasteiger charge is -2.25. The Labute approximate surface area is 130 Å². The van der Waals surface area contributed by atoms with Gasteiger partial charge in [0.1, 0.15) is 0 Å². The minimum absolute atomic E-state index is 0.00190. The van der Waals surface area contributed by atoms with Crippen LogP contribution >= 0.6 is 15.9 Å². The van der Waals surface area contributed by atoms with Crippen LogP contribution in [-0.2, 0) is 0 Å². The van der Waals surface area contributed by atoms with Crippen molar-refractivity contribution in [2.24, 2.45) is 0 Å². The molecule has 1 amide bonds. The largest absolute Gasteiger partial charge is 0.348 e. The molecule has 3 nitrogen and oxygen atoms in total. The molecular formula is C16H25BrN2O. The van der Waals surface area contributed by atoms with Crippen LogP contribution in [0.15, 0.2) is 28.7 Å². The maximum absolute atomic E-state index is 12.1. The van der Waals surface area contributed by atoms with Crippen LogP contribution < -0.4 is 5.32 Å². The van der Waals surface area contributed by atoms with Crippen LogP contribution in [0, 0.1) is 0 Å². The predicted octanol–water partition coefficient (Wildman–Crippen LogP) is 3.69. The smallest absolute Gasteiger partial charge is 0.251 e. The van der Waals surface area contributed by atoms with Gasteiger partial charge in [-0.1, -0.05) is 29.8 Å². The first-order valence-corrected chi connectivity index (χ1v) is 8.14. The van der Waals surface area contributed by atoms with Gasteiger partial charge in [-0.05, 0) is 57.1 Å². The van der Waals surface area contributed by atoms with Crippen molar-refractivity contribution in [1.29, 1.82) is 0 Å². The highest BCUT2D eigenvalue weighted by atomic mass is 79.9. The van der Waals surface area contributed by atoms with E-state index in [0.29, 0.717) is 5.56 Å². The van der Waals surface area contributed by atoms with Crippen LogP contribution in [0.1, 0.15) is 44.0 Å². The average molecular weight is 341 g/mol. The van der Waals surface area contributed by atoms with Crippen molar-refractivity contribution in [2.75, 3.05) is 19.6 Å². The molecule has 0 aromatic heterocycles.